The minimum absolute atomic E-state index is 0.0975. The second kappa shape index (κ2) is 12.3. The van der Waals surface area contributed by atoms with Crippen LogP contribution in [0.2, 0.25) is 0 Å². The summed E-state index contributed by atoms with van der Waals surface area (Å²) in [5.41, 5.74) is 3.55. The van der Waals surface area contributed by atoms with Crippen molar-refractivity contribution in [1.29, 1.82) is 0 Å². The molecule has 1 aliphatic heterocycles. The third-order valence-corrected chi connectivity index (χ3v) is 6.15. The van der Waals surface area contributed by atoms with E-state index in [1.54, 1.807) is 13.3 Å². The van der Waals surface area contributed by atoms with E-state index in [0.717, 1.165) is 47.8 Å². The summed E-state index contributed by atoms with van der Waals surface area (Å²) in [7, 11) is 1.68. The summed E-state index contributed by atoms with van der Waals surface area (Å²) in [5, 5.41) is 0. The molecule has 1 saturated heterocycles. The van der Waals surface area contributed by atoms with Gasteiger partial charge in [0.25, 0.3) is 0 Å². The van der Waals surface area contributed by atoms with Gasteiger partial charge in [-0.25, -0.2) is 9.97 Å². The first-order chi connectivity index (χ1) is 17.4. The van der Waals surface area contributed by atoms with E-state index in [1.807, 2.05) is 63.4 Å². The topological polar surface area (TPSA) is 78.8 Å². The van der Waals surface area contributed by atoms with Crippen molar-refractivity contribution in [2.45, 2.75) is 45.5 Å². The van der Waals surface area contributed by atoms with E-state index in [2.05, 4.69) is 20.9 Å². The highest BCUT2D eigenvalue weighted by atomic mass is 16.5. The van der Waals surface area contributed by atoms with Crippen LogP contribution in [0, 0.1) is 6.92 Å². The van der Waals surface area contributed by atoms with Crippen LogP contribution in [0.1, 0.15) is 31.5 Å². The van der Waals surface area contributed by atoms with Crippen LogP contribution in [-0.2, 0) is 20.8 Å². The molecule has 192 valence electrons. The Morgan fingerprint density at radius 3 is 2.83 bits per heavy atom. The predicted molar refractivity (Wildman–Crippen MR) is 139 cm³/mol. The number of aryl methyl sites for hydroxylation is 1. The SMILES string of the molecule is COC(C)(C)COc1cc(-c2cccc(N3CCOC(CCOCc4ccc(C)cn4)C3)n2)ccn1. The normalized spacial score (nSPS) is 16.2. The van der Waals surface area contributed by atoms with Gasteiger partial charge in [-0.05, 0) is 57.0 Å². The number of ether oxygens (including phenoxy) is 4. The smallest absolute Gasteiger partial charge is 0.213 e. The Bertz CT molecular complexity index is 1110. The third kappa shape index (κ3) is 7.46. The van der Waals surface area contributed by atoms with Gasteiger partial charge in [-0.15, -0.1) is 0 Å². The van der Waals surface area contributed by atoms with Gasteiger partial charge in [0.1, 0.15) is 12.4 Å². The number of anilines is 1. The lowest BCUT2D eigenvalue weighted by Gasteiger charge is -2.34. The molecule has 0 saturated carbocycles. The molecular weight excluding hydrogens is 456 g/mol. The summed E-state index contributed by atoms with van der Waals surface area (Å²) in [6.45, 7) is 9.78. The van der Waals surface area contributed by atoms with Crippen LogP contribution < -0.4 is 9.64 Å². The molecule has 4 heterocycles. The molecule has 0 amide bonds. The average Bonchev–Trinajstić information content (AvgIpc) is 2.91. The van der Waals surface area contributed by atoms with Crippen molar-refractivity contribution in [3.8, 4) is 17.1 Å². The van der Waals surface area contributed by atoms with Gasteiger partial charge < -0.3 is 23.8 Å². The Hall–Kier alpha value is -3.07. The zero-order chi connectivity index (χ0) is 25.4. The number of rotatable bonds is 11. The fourth-order valence-corrected chi connectivity index (χ4v) is 3.79. The minimum atomic E-state index is -0.384. The second-order valence-corrected chi connectivity index (χ2v) is 9.62. The zero-order valence-corrected chi connectivity index (χ0v) is 21.6. The summed E-state index contributed by atoms with van der Waals surface area (Å²) in [6.07, 6.45) is 4.53. The molecule has 1 atom stereocenters. The zero-order valence-electron chi connectivity index (χ0n) is 21.6. The molecule has 1 aliphatic rings. The molecule has 8 heteroatoms. The number of nitrogens with zero attached hydrogens (tertiary/aromatic N) is 4. The Morgan fingerprint density at radius 2 is 2.03 bits per heavy atom. The van der Waals surface area contributed by atoms with Crippen molar-refractivity contribution in [2.24, 2.45) is 0 Å². The summed E-state index contributed by atoms with van der Waals surface area (Å²) < 4.78 is 23.1. The van der Waals surface area contributed by atoms with Gasteiger partial charge in [-0.1, -0.05) is 12.1 Å². The Morgan fingerprint density at radius 1 is 1.14 bits per heavy atom. The maximum Gasteiger partial charge on any atom is 0.213 e. The number of hydrogen-bond donors (Lipinski definition) is 0. The van der Waals surface area contributed by atoms with Gasteiger partial charge in [-0.3, -0.25) is 4.98 Å². The highest BCUT2D eigenvalue weighted by Gasteiger charge is 2.22. The van der Waals surface area contributed by atoms with Crippen LogP contribution in [0.5, 0.6) is 5.88 Å². The van der Waals surface area contributed by atoms with Crippen molar-refractivity contribution in [2.75, 3.05) is 44.9 Å². The fraction of sp³-hybridized carbons (Fsp3) is 0.464. The fourth-order valence-electron chi connectivity index (χ4n) is 3.79. The van der Waals surface area contributed by atoms with E-state index in [-0.39, 0.29) is 11.7 Å². The van der Waals surface area contributed by atoms with Crippen molar-refractivity contribution >= 4 is 5.82 Å². The highest BCUT2D eigenvalue weighted by molar-refractivity contribution is 5.62. The maximum atomic E-state index is 5.99. The van der Waals surface area contributed by atoms with Gasteiger partial charge in [0, 0.05) is 50.8 Å². The highest BCUT2D eigenvalue weighted by Crippen LogP contribution is 2.25. The van der Waals surface area contributed by atoms with Crippen molar-refractivity contribution in [1.82, 2.24) is 15.0 Å². The molecule has 0 N–H and O–H groups in total. The molecule has 3 aromatic heterocycles. The molecule has 0 aliphatic carbocycles. The molecule has 36 heavy (non-hydrogen) atoms. The number of methoxy groups -OCH3 is 1. The Balaban J connectivity index is 1.32. The predicted octanol–water partition coefficient (Wildman–Crippen LogP) is 4.46. The van der Waals surface area contributed by atoms with E-state index < -0.39 is 0 Å². The van der Waals surface area contributed by atoms with Gasteiger partial charge in [0.15, 0.2) is 0 Å². The number of aromatic nitrogens is 3. The molecule has 0 spiro atoms. The van der Waals surface area contributed by atoms with Crippen LogP contribution in [0.4, 0.5) is 5.82 Å². The van der Waals surface area contributed by atoms with Crippen LogP contribution in [0.25, 0.3) is 11.3 Å². The standard InChI is InChI=1S/C28H36N4O4/c1-21-8-9-23(30-17-21)19-34-14-11-24-18-32(13-15-35-24)26-7-5-6-25(31-26)22-10-12-29-27(16-22)36-20-28(2,3)33-4/h5-10,12,16-17,24H,11,13-15,18-20H2,1-4H3. The molecule has 1 fully saturated rings. The van der Waals surface area contributed by atoms with E-state index in [1.165, 1.54) is 0 Å². The van der Waals surface area contributed by atoms with Crippen LogP contribution >= 0.6 is 0 Å². The van der Waals surface area contributed by atoms with Crippen LogP contribution in [0.15, 0.2) is 54.9 Å². The molecule has 4 rings (SSSR count). The second-order valence-electron chi connectivity index (χ2n) is 9.62. The van der Waals surface area contributed by atoms with Crippen molar-refractivity contribution in [3.63, 3.8) is 0 Å². The molecule has 8 nitrogen and oxygen atoms in total. The summed E-state index contributed by atoms with van der Waals surface area (Å²) in [4.78, 5) is 15.9. The molecule has 0 bridgehead atoms. The largest absolute Gasteiger partial charge is 0.475 e. The molecular formula is C28H36N4O4. The lowest BCUT2D eigenvalue weighted by molar-refractivity contribution is -0.0157. The maximum absolute atomic E-state index is 5.99. The number of pyridine rings is 3. The number of morpholine rings is 1. The molecule has 0 aromatic carbocycles. The van der Waals surface area contributed by atoms with Gasteiger partial charge >= 0.3 is 0 Å². The van der Waals surface area contributed by atoms with E-state index in [9.17, 15) is 0 Å². The lowest BCUT2D eigenvalue weighted by atomic mass is 10.1. The molecule has 3 aromatic rings. The quantitative estimate of drug-likeness (QED) is 0.363. The van der Waals surface area contributed by atoms with Gasteiger partial charge in [0.05, 0.1) is 36.3 Å². The first kappa shape index (κ1) is 26.0. The molecule has 1 unspecified atom stereocenters. The van der Waals surface area contributed by atoms with Gasteiger partial charge in [-0.2, -0.15) is 0 Å². The van der Waals surface area contributed by atoms with Crippen molar-refractivity contribution in [3.05, 3.63) is 66.1 Å². The van der Waals surface area contributed by atoms with Crippen molar-refractivity contribution < 1.29 is 18.9 Å². The van der Waals surface area contributed by atoms with E-state index in [4.69, 9.17) is 23.9 Å². The summed E-state index contributed by atoms with van der Waals surface area (Å²) in [6, 6.07) is 14.0. The summed E-state index contributed by atoms with van der Waals surface area (Å²) in [5.74, 6) is 1.49. The minimum Gasteiger partial charge on any atom is -0.475 e. The first-order valence-electron chi connectivity index (χ1n) is 12.4. The first-order valence-corrected chi connectivity index (χ1v) is 12.4. The molecule has 0 radical (unpaired) electrons. The monoisotopic (exact) mass is 492 g/mol. The lowest BCUT2D eigenvalue weighted by Crippen LogP contribution is -2.43. The average molecular weight is 493 g/mol. The Kier molecular flexibility index (Phi) is 8.85. The van der Waals surface area contributed by atoms with Crippen LogP contribution in [-0.4, -0.2) is 66.7 Å². The van der Waals surface area contributed by atoms with Crippen LogP contribution in [0.3, 0.4) is 0 Å². The van der Waals surface area contributed by atoms with Gasteiger partial charge in [0.2, 0.25) is 5.88 Å². The number of hydrogen-bond acceptors (Lipinski definition) is 8. The third-order valence-electron chi connectivity index (χ3n) is 6.15. The van der Waals surface area contributed by atoms with E-state index >= 15 is 0 Å². The van der Waals surface area contributed by atoms with E-state index in [0.29, 0.717) is 32.3 Å². The summed E-state index contributed by atoms with van der Waals surface area (Å²) >= 11 is 0. The Labute approximate surface area is 213 Å².